The summed E-state index contributed by atoms with van der Waals surface area (Å²) >= 11 is 5.79. The number of nitrogens with zero attached hydrogens (tertiary/aromatic N) is 2. The zero-order valence-electron chi connectivity index (χ0n) is 10.6. The first-order chi connectivity index (χ1) is 9.16. The van der Waals surface area contributed by atoms with Crippen LogP contribution in [0.3, 0.4) is 0 Å². The molecule has 2 rings (SSSR count). The molecule has 0 aliphatic carbocycles. The summed E-state index contributed by atoms with van der Waals surface area (Å²) in [6.07, 6.45) is 1.36. The van der Waals surface area contributed by atoms with E-state index >= 15 is 0 Å². The van der Waals surface area contributed by atoms with Crippen LogP contribution >= 0.6 is 11.6 Å². The summed E-state index contributed by atoms with van der Waals surface area (Å²) in [4.78, 5) is 7.79. The molecule has 6 heteroatoms. The van der Waals surface area contributed by atoms with Gasteiger partial charge in [0.05, 0.1) is 6.54 Å². The summed E-state index contributed by atoms with van der Waals surface area (Å²) in [6, 6.07) is 7.88. The van der Waals surface area contributed by atoms with Crippen LogP contribution in [0, 0.1) is 6.92 Å². The maximum atomic E-state index is 5.79. The number of benzene rings is 1. The van der Waals surface area contributed by atoms with Crippen molar-refractivity contribution < 1.29 is 4.74 Å². The summed E-state index contributed by atoms with van der Waals surface area (Å²) in [6.45, 7) is 3.10. The Bertz CT molecular complexity index is 562. The van der Waals surface area contributed by atoms with Gasteiger partial charge in [-0.25, -0.2) is 9.97 Å². The molecule has 3 N–H and O–H groups in total. The second-order valence-corrected chi connectivity index (χ2v) is 4.38. The summed E-state index contributed by atoms with van der Waals surface area (Å²) in [7, 11) is 0. The first-order valence-corrected chi connectivity index (χ1v) is 6.24. The molecule has 1 aromatic heterocycles. The van der Waals surface area contributed by atoms with Crippen LogP contribution in [0.1, 0.15) is 5.56 Å². The summed E-state index contributed by atoms with van der Waals surface area (Å²) in [5, 5.41) is 3.30. The Labute approximate surface area is 116 Å². The third-order valence-corrected chi connectivity index (χ3v) is 2.79. The number of halogens is 1. The fourth-order valence-corrected chi connectivity index (χ4v) is 1.69. The number of ether oxygens (including phenoxy) is 1. The van der Waals surface area contributed by atoms with Crippen LogP contribution < -0.4 is 15.8 Å². The normalized spacial score (nSPS) is 10.2. The van der Waals surface area contributed by atoms with Gasteiger partial charge in [0.1, 0.15) is 24.4 Å². The topological polar surface area (TPSA) is 73.1 Å². The van der Waals surface area contributed by atoms with Gasteiger partial charge in [0.2, 0.25) is 0 Å². The predicted molar refractivity (Wildman–Crippen MR) is 76.6 cm³/mol. The van der Waals surface area contributed by atoms with Gasteiger partial charge in [-0.1, -0.05) is 23.7 Å². The van der Waals surface area contributed by atoms with Crippen molar-refractivity contribution in [2.24, 2.45) is 0 Å². The molecule has 100 valence electrons. The van der Waals surface area contributed by atoms with Crippen molar-refractivity contribution >= 4 is 23.1 Å². The molecule has 0 aliphatic heterocycles. The highest BCUT2D eigenvalue weighted by Crippen LogP contribution is 2.21. The lowest BCUT2D eigenvalue weighted by Crippen LogP contribution is -2.14. The molecular formula is C13H15ClN4O. The second-order valence-electron chi connectivity index (χ2n) is 4.02. The lowest BCUT2D eigenvalue weighted by atomic mass is 10.2. The number of aromatic nitrogens is 2. The van der Waals surface area contributed by atoms with Crippen molar-refractivity contribution in [3.63, 3.8) is 0 Å². The fourth-order valence-electron chi connectivity index (χ4n) is 1.56. The SMILES string of the molecule is Cc1cccc(OCCNc2ncnc(Cl)c2N)c1. The summed E-state index contributed by atoms with van der Waals surface area (Å²) < 4.78 is 5.60. The van der Waals surface area contributed by atoms with E-state index in [1.165, 1.54) is 6.33 Å². The van der Waals surface area contributed by atoms with Crippen LogP contribution in [-0.2, 0) is 0 Å². The van der Waals surface area contributed by atoms with Crippen molar-refractivity contribution in [1.82, 2.24) is 9.97 Å². The van der Waals surface area contributed by atoms with E-state index in [1.807, 2.05) is 31.2 Å². The van der Waals surface area contributed by atoms with Crippen LogP contribution in [0.4, 0.5) is 11.5 Å². The van der Waals surface area contributed by atoms with Gasteiger partial charge >= 0.3 is 0 Å². The molecule has 2 aromatic rings. The highest BCUT2D eigenvalue weighted by atomic mass is 35.5. The molecule has 0 fully saturated rings. The number of hydrogen-bond donors (Lipinski definition) is 2. The lowest BCUT2D eigenvalue weighted by Gasteiger charge is -2.10. The predicted octanol–water partition coefficient (Wildman–Crippen LogP) is 2.51. The van der Waals surface area contributed by atoms with E-state index in [4.69, 9.17) is 22.1 Å². The zero-order valence-corrected chi connectivity index (χ0v) is 11.3. The van der Waals surface area contributed by atoms with Crippen LogP contribution in [-0.4, -0.2) is 23.1 Å². The fraction of sp³-hybridized carbons (Fsp3) is 0.231. The smallest absolute Gasteiger partial charge is 0.157 e. The van der Waals surface area contributed by atoms with Crippen LogP contribution in [0.15, 0.2) is 30.6 Å². The number of hydrogen-bond acceptors (Lipinski definition) is 5. The number of nitrogens with two attached hydrogens (primary N) is 1. The van der Waals surface area contributed by atoms with E-state index in [1.54, 1.807) is 0 Å². The Morgan fingerprint density at radius 1 is 1.37 bits per heavy atom. The highest BCUT2D eigenvalue weighted by molar-refractivity contribution is 6.32. The van der Waals surface area contributed by atoms with Gasteiger partial charge in [0, 0.05) is 0 Å². The lowest BCUT2D eigenvalue weighted by molar-refractivity contribution is 0.332. The van der Waals surface area contributed by atoms with Gasteiger partial charge in [0.15, 0.2) is 11.0 Å². The number of rotatable bonds is 5. The molecule has 1 aromatic carbocycles. The van der Waals surface area contributed by atoms with Crippen molar-refractivity contribution in [3.05, 3.63) is 41.3 Å². The minimum absolute atomic E-state index is 0.247. The first kappa shape index (κ1) is 13.4. The Balaban J connectivity index is 1.82. The Morgan fingerprint density at radius 3 is 3.00 bits per heavy atom. The van der Waals surface area contributed by atoms with Gasteiger partial charge in [-0.05, 0) is 24.6 Å². The molecule has 1 heterocycles. The molecule has 0 aliphatic rings. The van der Waals surface area contributed by atoms with Gasteiger partial charge in [0.25, 0.3) is 0 Å². The molecule has 5 nitrogen and oxygen atoms in total. The maximum Gasteiger partial charge on any atom is 0.157 e. The minimum atomic E-state index is 0.247. The van der Waals surface area contributed by atoms with Crippen LogP contribution in [0.25, 0.3) is 0 Å². The number of nitrogen functional groups attached to an aromatic ring is 1. The first-order valence-electron chi connectivity index (χ1n) is 5.86. The Kier molecular flexibility index (Phi) is 4.41. The van der Waals surface area contributed by atoms with E-state index in [-0.39, 0.29) is 5.15 Å². The molecule has 0 saturated heterocycles. The molecule has 0 unspecified atom stereocenters. The van der Waals surface area contributed by atoms with Gasteiger partial charge < -0.3 is 15.8 Å². The van der Waals surface area contributed by atoms with E-state index in [9.17, 15) is 0 Å². The Morgan fingerprint density at radius 2 is 2.21 bits per heavy atom. The molecule has 0 spiro atoms. The standard InChI is InChI=1S/C13H15ClN4O/c1-9-3-2-4-10(7-9)19-6-5-16-13-11(15)12(14)17-8-18-13/h2-4,7-8H,5-6,15H2,1H3,(H,16,17,18). The zero-order chi connectivity index (χ0) is 13.7. The highest BCUT2D eigenvalue weighted by Gasteiger charge is 2.04. The van der Waals surface area contributed by atoms with Crippen LogP contribution in [0.2, 0.25) is 5.15 Å². The van der Waals surface area contributed by atoms with E-state index in [0.29, 0.717) is 24.7 Å². The molecule has 0 amide bonds. The molecule has 0 radical (unpaired) electrons. The summed E-state index contributed by atoms with van der Waals surface area (Å²) in [5.41, 5.74) is 7.25. The van der Waals surface area contributed by atoms with Crippen LogP contribution in [0.5, 0.6) is 5.75 Å². The number of nitrogens with one attached hydrogen (secondary N) is 1. The third-order valence-electron chi connectivity index (χ3n) is 2.49. The minimum Gasteiger partial charge on any atom is -0.492 e. The van der Waals surface area contributed by atoms with E-state index in [0.717, 1.165) is 11.3 Å². The van der Waals surface area contributed by atoms with Crippen molar-refractivity contribution in [2.75, 3.05) is 24.2 Å². The maximum absolute atomic E-state index is 5.79. The molecule has 0 saturated carbocycles. The van der Waals surface area contributed by atoms with Gasteiger partial charge in [-0.2, -0.15) is 0 Å². The van der Waals surface area contributed by atoms with E-state index in [2.05, 4.69) is 15.3 Å². The quantitative estimate of drug-likeness (QED) is 0.649. The van der Waals surface area contributed by atoms with Crippen molar-refractivity contribution in [2.45, 2.75) is 6.92 Å². The largest absolute Gasteiger partial charge is 0.492 e. The Hall–Kier alpha value is -2.01. The van der Waals surface area contributed by atoms with Gasteiger partial charge in [-0.15, -0.1) is 0 Å². The third kappa shape index (κ3) is 3.72. The average molecular weight is 279 g/mol. The molecular weight excluding hydrogens is 264 g/mol. The van der Waals surface area contributed by atoms with Crippen molar-refractivity contribution in [1.29, 1.82) is 0 Å². The second kappa shape index (κ2) is 6.24. The van der Waals surface area contributed by atoms with Crippen molar-refractivity contribution in [3.8, 4) is 5.75 Å². The average Bonchev–Trinajstić information content (AvgIpc) is 2.39. The number of anilines is 2. The van der Waals surface area contributed by atoms with Gasteiger partial charge in [-0.3, -0.25) is 0 Å². The summed E-state index contributed by atoms with van der Waals surface area (Å²) in [5.74, 6) is 1.36. The molecule has 0 bridgehead atoms. The number of aryl methyl sites for hydroxylation is 1. The molecule has 19 heavy (non-hydrogen) atoms. The molecule has 0 atom stereocenters. The monoisotopic (exact) mass is 278 g/mol. The van der Waals surface area contributed by atoms with E-state index < -0.39 is 0 Å².